The van der Waals surface area contributed by atoms with Crippen LogP contribution < -0.4 is 0 Å². The summed E-state index contributed by atoms with van der Waals surface area (Å²) in [5.41, 5.74) is 2.89. The Morgan fingerprint density at radius 3 is 2.29 bits per heavy atom. The number of allylic oxidation sites excluding steroid dienone is 4. The zero-order valence-electron chi connectivity index (χ0n) is 15.6. The standard InChI is InChI=1S/C24H34/c1-3-4-20-11-15-23(16-12-20)24-17-13-22(14-18-24)10-9-21-7-5-19(2)6-8-21/h3-8,11,15,20,22-24H,9-10,12-14,16-18H2,1-2H3/b4-3+. The molecule has 0 heteroatoms. The fraction of sp³-hybridized carbons (Fsp3) is 0.583. The molecule has 0 nitrogen and oxygen atoms in total. The van der Waals surface area contributed by atoms with E-state index in [9.17, 15) is 0 Å². The van der Waals surface area contributed by atoms with E-state index in [0.717, 1.165) is 17.8 Å². The van der Waals surface area contributed by atoms with E-state index >= 15 is 0 Å². The smallest absolute Gasteiger partial charge is 0.00533 e. The average Bonchev–Trinajstić information content (AvgIpc) is 2.63. The number of benzene rings is 1. The first-order valence-electron chi connectivity index (χ1n) is 10.1. The van der Waals surface area contributed by atoms with Crippen molar-refractivity contribution < 1.29 is 0 Å². The highest BCUT2D eigenvalue weighted by atomic mass is 14.3. The molecule has 2 aliphatic carbocycles. The molecule has 0 N–H and O–H groups in total. The first kappa shape index (κ1) is 17.5. The van der Waals surface area contributed by atoms with Crippen LogP contribution in [0.15, 0.2) is 48.6 Å². The highest BCUT2D eigenvalue weighted by Gasteiger charge is 2.27. The number of aryl methyl sites for hydroxylation is 2. The van der Waals surface area contributed by atoms with Gasteiger partial charge < -0.3 is 0 Å². The van der Waals surface area contributed by atoms with E-state index in [4.69, 9.17) is 0 Å². The van der Waals surface area contributed by atoms with Crippen LogP contribution in [0.1, 0.15) is 63.0 Å². The van der Waals surface area contributed by atoms with Crippen LogP contribution in [0.3, 0.4) is 0 Å². The monoisotopic (exact) mass is 322 g/mol. The average molecular weight is 323 g/mol. The van der Waals surface area contributed by atoms with Crippen LogP contribution in [0, 0.1) is 30.6 Å². The quantitative estimate of drug-likeness (QED) is 0.518. The molecular weight excluding hydrogens is 288 g/mol. The summed E-state index contributed by atoms with van der Waals surface area (Å²) in [4.78, 5) is 0. The third-order valence-corrected chi connectivity index (χ3v) is 6.34. The van der Waals surface area contributed by atoms with Crippen LogP contribution in [0.25, 0.3) is 0 Å². The summed E-state index contributed by atoms with van der Waals surface area (Å²) in [5.74, 6) is 3.50. The molecule has 0 spiro atoms. The van der Waals surface area contributed by atoms with Gasteiger partial charge in [0.1, 0.15) is 0 Å². The van der Waals surface area contributed by atoms with Crippen LogP contribution in [0.2, 0.25) is 0 Å². The minimum absolute atomic E-state index is 0.706. The second-order valence-electron chi connectivity index (χ2n) is 8.12. The SMILES string of the molecule is C/C=C/C1C=CC(C2CCC(CCc3ccc(C)cc3)CC2)CC1. The Kier molecular flexibility index (Phi) is 6.35. The molecule has 0 aliphatic heterocycles. The summed E-state index contributed by atoms with van der Waals surface area (Å²) in [6.45, 7) is 4.31. The van der Waals surface area contributed by atoms with Gasteiger partial charge in [0.2, 0.25) is 0 Å². The van der Waals surface area contributed by atoms with Crippen molar-refractivity contribution in [3.63, 3.8) is 0 Å². The molecule has 0 bridgehead atoms. The Morgan fingerprint density at radius 2 is 1.67 bits per heavy atom. The zero-order chi connectivity index (χ0) is 16.8. The van der Waals surface area contributed by atoms with Crippen molar-refractivity contribution in [2.45, 2.75) is 65.2 Å². The molecule has 24 heavy (non-hydrogen) atoms. The Hall–Kier alpha value is -1.30. The van der Waals surface area contributed by atoms with Crippen LogP contribution in [-0.2, 0) is 6.42 Å². The summed E-state index contributed by atoms with van der Waals surface area (Å²) in [6.07, 6.45) is 20.8. The predicted molar refractivity (Wildman–Crippen MR) is 105 cm³/mol. The van der Waals surface area contributed by atoms with Gasteiger partial charge in [-0.05, 0) is 81.6 Å². The van der Waals surface area contributed by atoms with Gasteiger partial charge in [0.15, 0.2) is 0 Å². The van der Waals surface area contributed by atoms with Gasteiger partial charge in [0.25, 0.3) is 0 Å². The molecule has 0 heterocycles. The van der Waals surface area contributed by atoms with Gasteiger partial charge >= 0.3 is 0 Å². The second kappa shape index (κ2) is 8.70. The van der Waals surface area contributed by atoms with Gasteiger partial charge in [-0.3, -0.25) is 0 Å². The number of hydrogen-bond donors (Lipinski definition) is 0. The lowest BCUT2D eigenvalue weighted by Gasteiger charge is -2.34. The Bertz CT molecular complexity index is 540. The van der Waals surface area contributed by atoms with Crippen LogP contribution in [0.4, 0.5) is 0 Å². The molecule has 2 aliphatic rings. The molecule has 1 fully saturated rings. The van der Waals surface area contributed by atoms with Gasteiger partial charge in [-0.1, -0.05) is 67.0 Å². The van der Waals surface area contributed by atoms with E-state index in [-0.39, 0.29) is 0 Å². The number of rotatable bonds is 5. The van der Waals surface area contributed by atoms with Crippen molar-refractivity contribution in [1.29, 1.82) is 0 Å². The van der Waals surface area contributed by atoms with Crippen molar-refractivity contribution in [2.24, 2.45) is 23.7 Å². The third kappa shape index (κ3) is 4.85. The normalized spacial score (nSPS) is 30.8. The fourth-order valence-electron chi connectivity index (χ4n) is 4.69. The topological polar surface area (TPSA) is 0 Å². The summed E-state index contributed by atoms with van der Waals surface area (Å²) < 4.78 is 0. The molecule has 130 valence electrons. The summed E-state index contributed by atoms with van der Waals surface area (Å²) in [5, 5.41) is 0. The van der Waals surface area contributed by atoms with Crippen molar-refractivity contribution >= 4 is 0 Å². The minimum Gasteiger partial charge on any atom is -0.0911 e. The molecule has 2 atom stereocenters. The summed E-state index contributed by atoms with van der Waals surface area (Å²) in [6, 6.07) is 9.13. The Morgan fingerprint density at radius 1 is 0.917 bits per heavy atom. The molecule has 0 amide bonds. The molecule has 0 aromatic heterocycles. The third-order valence-electron chi connectivity index (χ3n) is 6.34. The lowest BCUT2D eigenvalue weighted by molar-refractivity contribution is 0.208. The van der Waals surface area contributed by atoms with Crippen molar-refractivity contribution in [3.8, 4) is 0 Å². The first-order chi connectivity index (χ1) is 11.7. The van der Waals surface area contributed by atoms with E-state index in [0.29, 0.717) is 5.92 Å². The highest BCUT2D eigenvalue weighted by molar-refractivity contribution is 5.21. The molecule has 1 saturated carbocycles. The van der Waals surface area contributed by atoms with Crippen molar-refractivity contribution in [2.75, 3.05) is 0 Å². The molecule has 0 radical (unpaired) electrons. The van der Waals surface area contributed by atoms with Crippen molar-refractivity contribution in [3.05, 3.63) is 59.7 Å². The number of hydrogen-bond acceptors (Lipinski definition) is 0. The molecule has 2 unspecified atom stereocenters. The molecule has 1 aromatic rings. The van der Waals surface area contributed by atoms with E-state index in [1.54, 1.807) is 0 Å². The molecule has 1 aromatic carbocycles. The first-order valence-corrected chi connectivity index (χ1v) is 10.1. The largest absolute Gasteiger partial charge is 0.0911 e. The highest BCUT2D eigenvalue weighted by Crippen LogP contribution is 2.39. The second-order valence-corrected chi connectivity index (χ2v) is 8.12. The fourth-order valence-corrected chi connectivity index (χ4v) is 4.69. The predicted octanol–water partition coefficient (Wildman–Crippen LogP) is 6.89. The minimum atomic E-state index is 0.706. The Labute approximate surface area is 149 Å². The van der Waals surface area contributed by atoms with E-state index in [1.807, 2.05) is 0 Å². The van der Waals surface area contributed by atoms with E-state index < -0.39 is 0 Å². The van der Waals surface area contributed by atoms with E-state index in [2.05, 4.69) is 62.4 Å². The zero-order valence-corrected chi connectivity index (χ0v) is 15.6. The van der Waals surface area contributed by atoms with Crippen LogP contribution in [-0.4, -0.2) is 0 Å². The van der Waals surface area contributed by atoms with Crippen LogP contribution in [0.5, 0.6) is 0 Å². The molecular formula is C24H34. The van der Waals surface area contributed by atoms with Gasteiger partial charge in [-0.2, -0.15) is 0 Å². The van der Waals surface area contributed by atoms with Gasteiger partial charge in [0, 0.05) is 0 Å². The summed E-state index contributed by atoms with van der Waals surface area (Å²) >= 11 is 0. The van der Waals surface area contributed by atoms with Crippen LogP contribution >= 0.6 is 0 Å². The van der Waals surface area contributed by atoms with E-state index in [1.165, 1.54) is 62.5 Å². The lowest BCUT2D eigenvalue weighted by atomic mass is 9.71. The maximum atomic E-state index is 2.55. The van der Waals surface area contributed by atoms with Gasteiger partial charge in [0.05, 0.1) is 0 Å². The lowest BCUT2D eigenvalue weighted by Crippen LogP contribution is -2.23. The Balaban J connectivity index is 1.41. The summed E-state index contributed by atoms with van der Waals surface area (Å²) in [7, 11) is 0. The van der Waals surface area contributed by atoms with Gasteiger partial charge in [-0.25, -0.2) is 0 Å². The molecule has 3 rings (SSSR count). The molecule has 0 saturated heterocycles. The van der Waals surface area contributed by atoms with Gasteiger partial charge in [-0.15, -0.1) is 0 Å². The van der Waals surface area contributed by atoms with Crippen molar-refractivity contribution in [1.82, 2.24) is 0 Å². The maximum absolute atomic E-state index is 2.55. The maximum Gasteiger partial charge on any atom is -0.00533 e.